The number of fused-ring (bicyclic) bond motifs is 1. The molecule has 0 aliphatic carbocycles. The van der Waals surface area contributed by atoms with Gasteiger partial charge in [-0.25, -0.2) is 4.79 Å². The van der Waals surface area contributed by atoms with E-state index >= 15 is 0 Å². The van der Waals surface area contributed by atoms with Crippen LogP contribution in [0.25, 0.3) is 11.0 Å². The summed E-state index contributed by atoms with van der Waals surface area (Å²) in [5.41, 5.74) is 3.10. The fourth-order valence-corrected chi connectivity index (χ4v) is 3.38. The van der Waals surface area contributed by atoms with E-state index in [0.29, 0.717) is 13.0 Å². The molecule has 3 N–H and O–H groups in total. The molecule has 1 unspecified atom stereocenters. The van der Waals surface area contributed by atoms with Crippen LogP contribution in [0.5, 0.6) is 0 Å². The molecule has 6 heteroatoms. The number of nitrogens with zero attached hydrogens (tertiary/aromatic N) is 1. The summed E-state index contributed by atoms with van der Waals surface area (Å²) < 4.78 is 1.59. The maximum absolute atomic E-state index is 12.5. The van der Waals surface area contributed by atoms with Gasteiger partial charge in [0, 0.05) is 17.9 Å². The molecular weight excluding hydrogens is 316 g/mol. The van der Waals surface area contributed by atoms with Crippen LogP contribution in [0.3, 0.4) is 0 Å². The largest absolute Gasteiger partial charge is 0.355 e. The quantitative estimate of drug-likeness (QED) is 0.688. The second-order valence-corrected chi connectivity index (χ2v) is 6.33. The molecular formula is C19H20N4O2. The second-order valence-electron chi connectivity index (χ2n) is 6.33. The van der Waals surface area contributed by atoms with Crippen molar-refractivity contribution in [3.05, 3.63) is 59.0 Å². The molecule has 1 saturated heterocycles. The van der Waals surface area contributed by atoms with Gasteiger partial charge in [-0.2, -0.15) is 0 Å². The van der Waals surface area contributed by atoms with Crippen molar-refractivity contribution in [3.8, 4) is 0 Å². The van der Waals surface area contributed by atoms with Gasteiger partial charge >= 0.3 is 5.69 Å². The number of para-hydroxylation sites is 1. The third-order valence-corrected chi connectivity index (χ3v) is 4.60. The minimum Gasteiger partial charge on any atom is -0.355 e. The van der Waals surface area contributed by atoms with Gasteiger partial charge in [0.05, 0.1) is 11.0 Å². The van der Waals surface area contributed by atoms with E-state index in [1.54, 1.807) is 4.57 Å². The maximum atomic E-state index is 12.5. The molecule has 0 spiro atoms. The molecule has 2 aromatic carbocycles. The zero-order valence-electron chi connectivity index (χ0n) is 13.8. The predicted octanol–water partition coefficient (Wildman–Crippen LogP) is 2.91. The average molecular weight is 336 g/mol. The van der Waals surface area contributed by atoms with Crippen LogP contribution in [0.2, 0.25) is 0 Å². The SMILES string of the molecule is O=C1NCCCCC1n1c(=O)[nH]c2cc(Nc3ccccc3)ccc21. The Morgan fingerprint density at radius 1 is 1.00 bits per heavy atom. The lowest BCUT2D eigenvalue weighted by Gasteiger charge is -2.15. The summed E-state index contributed by atoms with van der Waals surface area (Å²) in [6.45, 7) is 0.678. The zero-order valence-corrected chi connectivity index (χ0v) is 13.8. The Morgan fingerprint density at radius 3 is 2.68 bits per heavy atom. The highest BCUT2D eigenvalue weighted by molar-refractivity contribution is 5.85. The Bertz CT molecular complexity index is 958. The van der Waals surface area contributed by atoms with Crippen molar-refractivity contribution in [3.63, 3.8) is 0 Å². The first-order valence-corrected chi connectivity index (χ1v) is 8.56. The van der Waals surface area contributed by atoms with Crippen LogP contribution in [-0.2, 0) is 4.79 Å². The van der Waals surface area contributed by atoms with Gasteiger partial charge in [-0.3, -0.25) is 9.36 Å². The van der Waals surface area contributed by atoms with Crippen molar-refractivity contribution < 1.29 is 4.79 Å². The van der Waals surface area contributed by atoms with E-state index in [4.69, 9.17) is 0 Å². The van der Waals surface area contributed by atoms with E-state index < -0.39 is 6.04 Å². The van der Waals surface area contributed by atoms with Crippen LogP contribution in [0.4, 0.5) is 11.4 Å². The normalized spacial score (nSPS) is 17.9. The molecule has 0 bridgehead atoms. The summed E-state index contributed by atoms with van der Waals surface area (Å²) in [5, 5.41) is 6.21. The van der Waals surface area contributed by atoms with E-state index in [1.165, 1.54) is 0 Å². The van der Waals surface area contributed by atoms with E-state index in [-0.39, 0.29) is 11.6 Å². The average Bonchev–Trinajstić information content (AvgIpc) is 2.78. The third kappa shape index (κ3) is 3.03. The Morgan fingerprint density at radius 2 is 1.84 bits per heavy atom. The van der Waals surface area contributed by atoms with Crippen molar-refractivity contribution in [1.82, 2.24) is 14.9 Å². The third-order valence-electron chi connectivity index (χ3n) is 4.60. The van der Waals surface area contributed by atoms with Crippen molar-refractivity contribution in [1.29, 1.82) is 0 Å². The van der Waals surface area contributed by atoms with E-state index in [1.807, 2.05) is 48.5 Å². The second kappa shape index (κ2) is 6.47. The number of aromatic amines is 1. The molecule has 1 fully saturated rings. The first-order valence-electron chi connectivity index (χ1n) is 8.56. The lowest BCUT2D eigenvalue weighted by Crippen LogP contribution is -2.35. The highest BCUT2D eigenvalue weighted by Gasteiger charge is 2.25. The van der Waals surface area contributed by atoms with Crippen LogP contribution in [-0.4, -0.2) is 22.0 Å². The van der Waals surface area contributed by atoms with Crippen LogP contribution < -0.4 is 16.3 Å². The number of benzene rings is 2. The molecule has 3 aromatic rings. The summed E-state index contributed by atoms with van der Waals surface area (Å²) >= 11 is 0. The summed E-state index contributed by atoms with van der Waals surface area (Å²) in [6, 6.07) is 15.1. The van der Waals surface area contributed by atoms with Crippen molar-refractivity contribution in [2.24, 2.45) is 0 Å². The van der Waals surface area contributed by atoms with Gasteiger partial charge in [0.25, 0.3) is 0 Å². The number of hydrogen-bond donors (Lipinski definition) is 3. The maximum Gasteiger partial charge on any atom is 0.327 e. The number of carbonyl (C=O) groups excluding carboxylic acids is 1. The number of H-pyrrole nitrogens is 1. The Kier molecular flexibility index (Phi) is 4.01. The standard InChI is InChI=1S/C19H20N4O2/c24-18-17(8-4-5-11-20-18)23-16-10-9-14(12-15(16)22-19(23)25)21-13-6-2-1-3-7-13/h1-3,6-7,9-10,12,17,21H,4-5,8,11H2,(H,20,24)(H,22,25). The molecule has 1 aromatic heterocycles. The Labute approximate surface area is 144 Å². The highest BCUT2D eigenvalue weighted by Crippen LogP contribution is 2.25. The van der Waals surface area contributed by atoms with E-state index in [0.717, 1.165) is 35.2 Å². The molecule has 25 heavy (non-hydrogen) atoms. The molecule has 1 amide bonds. The van der Waals surface area contributed by atoms with Gasteiger partial charge in [-0.15, -0.1) is 0 Å². The summed E-state index contributed by atoms with van der Waals surface area (Å²) in [4.78, 5) is 27.7. The number of carbonyl (C=O) groups is 1. The summed E-state index contributed by atoms with van der Waals surface area (Å²) in [7, 11) is 0. The number of nitrogens with one attached hydrogen (secondary N) is 3. The van der Waals surface area contributed by atoms with Crippen molar-refractivity contribution in [2.75, 3.05) is 11.9 Å². The first kappa shape index (κ1) is 15.5. The molecule has 6 nitrogen and oxygen atoms in total. The molecule has 4 rings (SSSR count). The lowest BCUT2D eigenvalue weighted by molar-refractivity contribution is -0.124. The molecule has 128 valence electrons. The molecule has 1 aliphatic heterocycles. The van der Waals surface area contributed by atoms with Gasteiger partial charge in [-0.05, 0) is 49.6 Å². The minimum atomic E-state index is -0.448. The number of hydrogen-bond acceptors (Lipinski definition) is 3. The van der Waals surface area contributed by atoms with E-state index in [2.05, 4.69) is 15.6 Å². The number of aromatic nitrogens is 2. The van der Waals surface area contributed by atoms with Gasteiger partial charge in [-0.1, -0.05) is 18.2 Å². The lowest BCUT2D eigenvalue weighted by atomic mass is 10.1. The molecule has 2 heterocycles. The monoisotopic (exact) mass is 336 g/mol. The van der Waals surface area contributed by atoms with Gasteiger partial charge in [0.15, 0.2) is 0 Å². The molecule has 0 radical (unpaired) electrons. The van der Waals surface area contributed by atoms with Gasteiger partial charge in [0.1, 0.15) is 6.04 Å². The predicted molar refractivity (Wildman–Crippen MR) is 98.2 cm³/mol. The topological polar surface area (TPSA) is 78.9 Å². The zero-order chi connectivity index (χ0) is 17.2. The van der Waals surface area contributed by atoms with Crippen molar-refractivity contribution >= 4 is 28.3 Å². The van der Waals surface area contributed by atoms with Crippen molar-refractivity contribution in [2.45, 2.75) is 25.3 Å². The van der Waals surface area contributed by atoms with E-state index in [9.17, 15) is 9.59 Å². The summed E-state index contributed by atoms with van der Waals surface area (Å²) in [6.07, 6.45) is 2.56. The van der Waals surface area contributed by atoms with Gasteiger partial charge < -0.3 is 15.6 Å². The number of rotatable bonds is 3. The smallest absolute Gasteiger partial charge is 0.327 e. The summed E-state index contributed by atoms with van der Waals surface area (Å²) in [5.74, 6) is -0.0769. The minimum absolute atomic E-state index is 0.0769. The number of amides is 1. The molecule has 1 atom stereocenters. The van der Waals surface area contributed by atoms with Crippen LogP contribution in [0.1, 0.15) is 25.3 Å². The number of anilines is 2. The molecule has 1 aliphatic rings. The first-order chi connectivity index (χ1) is 12.2. The number of imidazole rings is 1. The fraction of sp³-hybridized carbons (Fsp3) is 0.263. The van der Waals surface area contributed by atoms with Gasteiger partial charge in [0.2, 0.25) is 5.91 Å². The fourth-order valence-electron chi connectivity index (χ4n) is 3.38. The Hall–Kier alpha value is -3.02. The molecule has 0 saturated carbocycles. The van der Waals surface area contributed by atoms with Crippen LogP contribution >= 0.6 is 0 Å². The highest BCUT2D eigenvalue weighted by atomic mass is 16.2. The Balaban J connectivity index is 1.71. The van der Waals surface area contributed by atoms with Crippen LogP contribution in [0, 0.1) is 0 Å². The van der Waals surface area contributed by atoms with Crippen LogP contribution in [0.15, 0.2) is 53.3 Å².